The smallest absolute Gasteiger partial charge is 0.349 e. The number of benzene rings is 2. The maximum absolute atomic E-state index is 11.7. The van der Waals surface area contributed by atoms with Crippen molar-refractivity contribution < 1.29 is 57.6 Å². The molecule has 2 aromatic carbocycles. The maximum Gasteiger partial charge on any atom is 0.349 e. The van der Waals surface area contributed by atoms with E-state index in [-0.39, 0.29) is 48.6 Å². The highest BCUT2D eigenvalue weighted by Gasteiger charge is 2.14. The van der Waals surface area contributed by atoms with Gasteiger partial charge in [-0.05, 0) is 47.5 Å². The second-order valence-corrected chi connectivity index (χ2v) is 8.32. The van der Waals surface area contributed by atoms with Gasteiger partial charge in [0.25, 0.3) is 16.6 Å². The lowest BCUT2D eigenvalue weighted by Gasteiger charge is -2.06. The molecule has 0 N–H and O–H groups in total. The molecule has 0 spiro atoms. The Labute approximate surface area is 245 Å². The number of carbonyl (C=O) groups is 6. The minimum atomic E-state index is -0.911. The Morgan fingerprint density at radius 1 is 0.548 bits per heavy atom. The summed E-state index contributed by atoms with van der Waals surface area (Å²) in [5.41, 5.74) is -0.346. The first-order valence-corrected chi connectivity index (χ1v) is 12.1. The fourth-order valence-corrected chi connectivity index (χ4v) is 2.59. The van der Waals surface area contributed by atoms with Gasteiger partial charge in [-0.2, -0.15) is 0 Å². The molecular formula is C24H20Cl2N2O14. The summed E-state index contributed by atoms with van der Waals surface area (Å²) in [6, 6.07) is 9.51. The van der Waals surface area contributed by atoms with Gasteiger partial charge in [-0.3, -0.25) is 44.2 Å². The molecule has 0 amide bonds. The van der Waals surface area contributed by atoms with Crippen molar-refractivity contribution in [1.29, 1.82) is 0 Å². The summed E-state index contributed by atoms with van der Waals surface area (Å²) in [4.78, 5) is 85.6. The molecule has 0 radical (unpaired) electrons. The standard InChI is InChI=1S/C18H14N2O10.C6H6Cl2O4/c21-16(9-10-17(22)29-14-5-1-12(2-6-14)19(24)25)28-11-18(23)30-15-7-3-13(4-8-15)20(26)27;7-4(9)1-2-6(11)12-3-5(8)10/h1-8H,9-11H2;1-3H2. The van der Waals surface area contributed by atoms with Crippen molar-refractivity contribution in [2.75, 3.05) is 13.2 Å². The number of hydrogen-bond acceptors (Lipinski definition) is 14. The highest BCUT2D eigenvalue weighted by atomic mass is 35.5. The van der Waals surface area contributed by atoms with E-state index in [1.165, 1.54) is 24.3 Å². The lowest BCUT2D eigenvalue weighted by atomic mass is 10.3. The molecular weight excluding hydrogens is 611 g/mol. The topological polar surface area (TPSA) is 226 Å². The summed E-state index contributed by atoms with van der Waals surface area (Å²) in [6.07, 6.45) is -0.937. The van der Waals surface area contributed by atoms with Gasteiger partial charge >= 0.3 is 23.9 Å². The molecule has 18 heteroatoms. The molecule has 0 saturated heterocycles. The number of hydrogen-bond donors (Lipinski definition) is 0. The second-order valence-electron chi connectivity index (χ2n) is 7.48. The van der Waals surface area contributed by atoms with Crippen LogP contribution in [-0.2, 0) is 38.2 Å². The predicted octanol–water partition coefficient (Wildman–Crippen LogP) is 3.18. The Morgan fingerprint density at radius 2 is 0.929 bits per heavy atom. The van der Waals surface area contributed by atoms with Crippen LogP contribution in [0, 0.1) is 20.2 Å². The van der Waals surface area contributed by atoms with Crippen molar-refractivity contribution in [3.63, 3.8) is 0 Å². The number of non-ortho nitro benzene ring substituents is 2. The monoisotopic (exact) mass is 630 g/mol. The number of carbonyl (C=O) groups excluding carboxylic acids is 6. The first kappa shape index (κ1) is 35.1. The first-order valence-electron chi connectivity index (χ1n) is 11.3. The van der Waals surface area contributed by atoms with Crippen molar-refractivity contribution in [2.24, 2.45) is 0 Å². The summed E-state index contributed by atoms with van der Waals surface area (Å²) in [5.74, 6) is -3.09. The minimum Gasteiger partial charge on any atom is -0.456 e. The van der Waals surface area contributed by atoms with E-state index < -0.39 is 57.4 Å². The van der Waals surface area contributed by atoms with Crippen molar-refractivity contribution in [1.82, 2.24) is 0 Å². The molecule has 0 aliphatic rings. The number of esters is 4. The zero-order chi connectivity index (χ0) is 31.7. The molecule has 0 aliphatic heterocycles. The van der Waals surface area contributed by atoms with Gasteiger partial charge in [0.05, 0.1) is 29.1 Å². The van der Waals surface area contributed by atoms with Gasteiger partial charge in [0, 0.05) is 30.7 Å². The van der Waals surface area contributed by atoms with E-state index in [2.05, 4.69) is 9.47 Å². The molecule has 0 bridgehead atoms. The summed E-state index contributed by atoms with van der Waals surface area (Å²) < 4.78 is 18.8. The number of nitrogens with zero attached hydrogens (tertiary/aromatic N) is 2. The quantitative estimate of drug-likeness (QED) is 0.0960. The lowest BCUT2D eigenvalue weighted by molar-refractivity contribution is -0.385. The van der Waals surface area contributed by atoms with Crippen LogP contribution < -0.4 is 9.47 Å². The van der Waals surface area contributed by atoms with E-state index in [0.29, 0.717) is 0 Å². The van der Waals surface area contributed by atoms with E-state index in [0.717, 1.165) is 24.3 Å². The molecule has 0 saturated carbocycles. The van der Waals surface area contributed by atoms with Crippen LogP contribution in [0.2, 0.25) is 0 Å². The third-order valence-corrected chi connectivity index (χ3v) is 4.61. The van der Waals surface area contributed by atoms with Crippen LogP contribution in [0.25, 0.3) is 0 Å². The largest absolute Gasteiger partial charge is 0.456 e. The molecule has 0 aromatic heterocycles. The first-order chi connectivity index (χ1) is 19.8. The molecule has 2 rings (SSSR count). The SMILES string of the molecule is O=C(CCC(=O)Oc1ccc([N+](=O)[O-])cc1)OCC(=O)Oc1ccc([N+](=O)[O-])cc1.O=C(Cl)CCC(=O)OCC(=O)Cl. The molecule has 0 heterocycles. The van der Waals surface area contributed by atoms with Crippen LogP contribution in [0.15, 0.2) is 48.5 Å². The van der Waals surface area contributed by atoms with Crippen LogP contribution in [0.1, 0.15) is 25.7 Å². The van der Waals surface area contributed by atoms with Crippen LogP contribution in [-0.4, -0.2) is 57.4 Å². The molecule has 0 atom stereocenters. The van der Waals surface area contributed by atoms with E-state index in [4.69, 9.17) is 32.7 Å². The molecule has 0 aliphatic carbocycles. The van der Waals surface area contributed by atoms with Crippen molar-refractivity contribution in [3.8, 4) is 11.5 Å². The Kier molecular flexibility index (Phi) is 15.4. The van der Waals surface area contributed by atoms with Gasteiger partial charge in [-0.25, -0.2) is 4.79 Å². The van der Waals surface area contributed by atoms with Gasteiger partial charge in [0.15, 0.2) is 13.2 Å². The second kappa shape index (κ2) is 18.4. The highest BCUT2D eigenvalue weighted by molar-refractivity contribution is 6.64. The lowest BCUT2D eigenvalue weighted by Crippen LogP contribution is -2.19. The normalized spacial score (nSPS) is 9.76. The molecule has 0 fully saturated rings. The average Bonchev–Trinajstić information content (AvgIpc) is 2.93. The number of halogens is 2. The Bertz CT molecular complexity index is 1220. The average molecular weight is 631 g/mol. The van der Waals surface area contributed by atoms with E-state index >= 15 is 0 Å². The van der Waals surface area contributed by atoms with Crippen LogP contribution >= 0.6 is 23.2 Å². The molecule has 224 valence electrons. The van der Waals surface area contributed by atoms with Crippen LogP contribution in [0.4, 0.5) is 11.4 Å². The van der Waals surface area contributed by atoms with Gasteiger partial charge < -0.3 is 18.9 Å². The number of nitro groups is 2. The van der Waals surface area contributed by atoms with Gasteiger partial charge in [0.1, 0.15) is 11.5 Å². The van der Waals surface area contributed by atoms with Crippen molar-refractivity contribution >= 4 is 68.9 Å². The summed E-state index contributed by atoms with van der Waals surface area (Å²) >= 11 is 9.82. The van der Waals surface area contributed by atoms with Gasteiger partial charge in [0.2, 0.25) is 5.24 Å². The summed E-state index contributed by atoms with van der Waals surface area (Å²) in [6.45, 7) is -1.19. The maximum atomic E-state index is 11.7. The fraction of sp³-hybridized carbons (Fsp3) is 0.250. The van der Waals surface area contributed by atoms with Crippen molar-refractivity contribution in [2.45, 2.75) is 25.7 Å². The van der Waals surface area contributed by atoms with E-state index in [9.17, 15) is 49.0 Å². The minimum absolute atomic E-state index is 0.0355. The van der Waals surface area contributed by atoms with Crippen molar-refractivity contribution in [3.05, 3.63) is 68.8 Å². The fourth-order valence-electron chi connectivity index (χ4n) is 2.44. The third-order valence-electron chi connectivity index (χ3n) is 4.32. The van der Waals surface area contributed by atoms with Crippen LogP contribution in [0.5, 0.6) is 11.5 Å². The van der Waals surface area contributed by atoms with E-state index in [1.807, 2.05) is 0 Å². The Balaban J connectivity index is 0.000000619. The zero-order valence-electron chi connectivity index (χ0n) is 21.2. The predicted molar refractivity (Wildman–Crippen MR) is 140 cm³/mol. The third kappa shape index (κ3) is 15.6. The van der Waals surface area contributed by atoms with Crippen LogP contribution in [0.3, 0.4) is 0 Å². The summed E-state index contributed by atoms with van der Waals surface area (Å²) in [7, 11) is 0. The highest BCUT2D eigenvalue weighted by Crippen LogP contribution is 2.19. The summed E-state index contributed by atoms with van der Waals surface area (Å²) in [5, 5.41) is 19.7. The van der Waals surface area contributed by atoms with Gasteiger partial charge in [-0.15, -0.1) is 0 Å². The zero-order valence-corrected chi connectivity index (χ0v) is 22.7. The number of ether oxygens (including phenoxy) is 4. The van der Waals surface area contributed by atoms with E-state index in [1.54, 1.807) is 0 Å². The molecule has 42 heavy (non-hydrogen) atoms. The van der Waals surface area contributed by atoms with Gasteiger partial charge in [-0.1, -0.05) is 0 Å². The number of nitro benzene ring substituents is 2. The molecule has 2 aromatic rings. The molecule has 16 nitrogen and oxygen atoms in total. The number of rotatable bonds is 14. The Morgan fingerprint density at radius 3 is 1.33 bits per heavy atom. The Hall–Kier alpha value is -4.96. The molecule has 0 unspecified atom stereocenters.